The Balaban J connectivity index is 1.81. The highest BCUT2D eigenvalue weighted by Gasteiger charge is 2.22. The molecule has 0 aliphatic carbocycles. The maximum Gasteiger partial charge on any atom is 0.277 e. The predicted octanol–water partition coefficient (Wildman–Crippen LogP) is 8.17. The van der Waals surface area contributed by atoms with E-state index < -0.39 is 0 Å². The molecule has 0 aliphatic rings. The van der Waals surface area contributed by atoms with E-state index >= 15 is 0 Å². The lowest BCUT2D eigenvalue weighted by atomic mass is 9.98. The van der Waals surface area contributed by atoms with Gasteiger partial charge in [-0.05, 0) is 35.2 Å². The summed E-state index contributed by atoms with van der Waals surface area (Å²) in [5.74, 6) is 0. The molecule has 6 rings (SSSR count). The Bertz CT molecular complexity index is 1720. The highest BCUT2D eigenvalue weighted by atomic mass is 35.5. The van der Waals surface area contributed by atoms with E-state index in [9.17, 15) is 10.1 Å². The average molecular weight is 449 g/mol. The van der Waals surface area contributed by atoms with Crippen LogP contribution in [0.2, 0.25) is 5.02 Å². The molecule has 0 bridgehead atoms. The van der Waals surface area contributed by atoms with Gasteiger partial charge < -0.3 is 4.57 Å². The number of nitro groups is 1. The summed E-state index contributed by atoms with van der Waals surface area (Å²) >= 11 is 6.81. The van der Waals surface area contributed by atoms with Gasteiger partial charge in [-0.3, -0.25) is 10.1 Å². The Morgan fingerprint density at radius 3 is 2.18 bits per heavy atom. The van der Waals surface area contributed by atoms with Crippen molar-refractivity contribution in [3.63, 3.8) is 0 Å². The lowest BCUT2D eigenvalue weighted by molar-refractivity contribution is -0.384. The summed E-state index contributed by atoms with van der Waals surface area (Å²) in [4.78, 5) is 11.5. The number of para-hydroxylation sites is 2. The number of nitro benzene ring substituents is 1. The van der Waals surface area contributed by atoms with Gasteiger partial charge in [-0.2, -0.15) is 0 Å². The standard InChI is InChI=1S/C28H17ClN2O2/c29-23-17-16-18-8-1-2-9-19(18)28(23)30-24-13-5-4-11-22(24)27-21(12-7-15-26(27)30)20-10-3-6-14-25(20)31(32)33/h1-17H. The zero-order valence-corrected chi connectivity index (χ0v) is 18.2. The summed E-state index contributed by atoms with van der Waals surface area (Å²) in [6.45, 7) is 0. The number of rotatable bonds is 3. The number of halogens is 1. The van der Waals surface area contributed by atoms with E-state index in [0.29, 0.717) is 10.6 Å². The zero-order chi connectivity index (χ0) is 22.5. The van der Waals surface area contributed by atoms with E-state index in [1.165, 1.54) is 0 Å². The molecule has 0 saturated heterocycles. The number of aromatic nitrogens is 1. The maximum absolute atomic E-state index is 11.8. The topological polar surface area (TPSA) is 48.1 Å². The molecule has 0 saturated carbocycles. The number of fused-ring (bicyclic) bond motifs is 4. The van der Waals surface area contributed by atoms with Gasteiger partial charge in [-0.25, -0.2) is 0 Å². The van der Waals surface area contributed by atoms with Crippen LogP contribution in [-0.2, 0) is 0 Å². The first-order valence-electron chi connectivity index (χ1n) is 10.6. The summed E-state index contributed by atoms with van der Waals surface area (Å²) < 4.78 is 2.17. The molecule has 158 valence electrons. The summed E-state index contributed by atoms with van der Waals surface area (Å²) in [6.07, 6.45) is 0. The fourth-order valence-corrected chi connectivity index (χ4v) is 5.05. The van der Waals surface area contributed by atoms with Crippen LogP contribution in [0.3, 0.4) is 0 Å². The molecule has 0 aliphatic heterocycles. The van der Waals surface area contributed by atoms with Gasteiger partial charge in [0.25, 0.3) is 5.69 Å². The van der Waals surface area contributed by atoms with E-state index in [0.717, 1.165) is 43.8 Å². The van der Waals surface area contributed by atoms with E-state index in [1.54, 1.807) is 12.1 Å². The van der Waals surface area contributed by atoms with Crippen molar-refractivity contribution in [1.82, 2.24) is 4.57 Å². The SMILES string of the molecule is O=[N+]([O-])c1ccccc1-c1cccc2c1c1ccccc1n2-c1c(Cl)ccc2ccccc12. The third-order valence-corrected chi connectivity index (χ3v) is 6.47. The molecule has 5 heteroatoms. The van der Waals surface area contributed by atoms with Crippen LogP contribution < -0.4 is 0 Å². The van der Waals surface area contributed by atoms with Gasteiger partial charge >= 0.3 is 0 Å². The molecular formula is C28H17ClN2O2. The third kappa shape index (κ3) is 2.92. The van der Waals surface area contributed by atoms with Gasteiger partial charge in [0.15, 0.2) is 0 Å². The second-order valence-corrected chi connectivity index (χ2v) is 8.35. The van der Waals surface area contributed by atoms with Crippen molar-refractivity contribution < 1.29 is 4.92 Å². The third-order valence-electron chi connectivity index (χ3n) is 6.16. The van der Waals surface area contributed by atoms with Crippen molar-refractivity contribution in [2.24, 2.45) is 0 Å². The van der Waals surface area contributed by atoms with Gasteiger partial charge in [-0.1, -0.05) is 84.4 Å². The molecule has 0 atom stereocenters. The molecule has 33 heavy (non-hydrogen) atoms. The fourth-order valence-electron chi connectivity index (χ4n) is 4.80. The molecule has 0 spiro atoms. The van der Waals surface area contributed by atoms with Crippen molar-refractivity contribution >= 4 is 49.9 Å². The van der Waals surface area contributed by atoms with Crippen LogP contribution in [0.15, 0.2) is 103 Å². The first-order chi connectivity index (χ1) is 16.1. The second kappa shape index (κ2) is 7.47. The van der Waals surface area contributed by atoms with Crippen LogP contribution in [-0.4, -0.2) is 9.49 Å². The van der Waals surface area contributed by atoms with Gasteiger partial charge in [-0.15, -0.1) is 0 Å². The van der Waals surface area contributed by atoms with Crippen molar-refractivity contribution in [3.05, 3.63) is 118 Å². The predicted molar refractivity (Wildman–Crippen MR) is 135 cm³/mol. The van der Waals surface area contributed by atoms with Crippen LogP contribution in [0.25, 0.3) is 49.4 Å². The van der Waals surface area contributed by atoms with Gasteiger partial charge in [0.1, 0.15) is 0 Å². The second-order valence-electron chi connectivity index (χ2n) is 7.94. The monoisotopic (exact) mass is 448 g/mol. The molecule has 0 radical (unpaired) electrons. The van der Waals surface area contributed by atoms with Crippen LogP contribution in [0.5, 0.6) is 0 Å². The van der Waals surface area contributed by atoms with Crippen molar-refractivity contribution in [3.8, 4) is 16.8 Å². The molecule has 5 aromatic carbocycles. The van der Waals surface area contributed by atoms with Crippen LogP contribution in [0.1, 0.15) is 0 Å². The Morgan fingerprint density at radius 2 is 1.33 bits per heavy atom. The minimum atomic E-state index is -0.324. The highest BCUT2D eigenvalue weighted by Crippen LogP contribution is 2.43. The molecular weight excluding hydrogens is 432 g/mol. The van der Waals surface area contributed by atoms with Gasteiger partial charge in [0.05, 0.1) is 32.2 Å². The van der Waals surface area contributed by atoms with Gasteiger partial charge in [0.2, 0.25) is 0 Å². The molecule has 0 amide bonds. The molecule has 0 N–H and O–H groups in total. The normalized spacial score (nSPS) is 11.4. The molecule has 4 nitrogen and oxygen atoms in total. The summed E-state index contributed by atoms with van der Waals surface area (Å²) in [7, 11) is 0. The minimum Gasteiger partial charge on any atom is -0.307 e. The van der Waals surface area contributed by atoms with Crippen molar-refractivity contribution in [2.75, 3.05) is 0 Å². The van der Waals surface area contributed by atoms with Crippen LogP contribution in [0.4, 0.5) is 5.69 Å². The van der Waals surface area contributed by atoms with E-state index in [4.69, 9.17) is 11.6 Å². The quantitative estimate of drug-likeness (QED) is 0.202. The summed E-state index contributed by atoms with van der Waals surface area (Å²) in [6, 6.07) is 33.1. The van der Waals surface area contributed by atoms with Gasteiger partial charge in [0, 0.05) is 22.2 Å². The first-order valence-corrected chi connectivity index (χ1v) is 11.0. The van der Waals surface area contributed by atoms with Crippen molar-refractivity contribution in [2.45, 2.75) is 0 Å². The molecule has 0 fully saturated rings. The summed E-state index contributed by atoms with van der Waals surface area (Å²) in [5.41, 5.74) is 4.36. The number of hydrogen-bond acceptors (Lipinski definition) is 2. The molecule has 1 heterocycles. The van der Waals surface area contributed by atoms with Crippen molar-refractivity contribution in [1.29, 1.82) is 0 Å². The largest absolute Gasteiger partial charge is 0.307 e. The Morgan fingerprint density at radius 1 is 0.667 bits per heavy atom. The Hall–Kier alpha value is -4.15. The Kier molecular flexibility index (Phi) is 4.42. The molecule has 6 aromatic rings. The maximum atomic E-state index is 11.8. The fraction of sp³-hybridized carbons (Fsp3) is 0. The highest BCUT2D eigenvalue weighted by molar-refractivity contribution is 6.34. The Labute approximate surface area is 194 Å². The zero-order valence-electron chi connectivity index (χ0n) is 17.4. The number of hydrogen-bond donors (Lipinski definition) is 0. The lowest BCUT2D eigenvalue weighted by Gasteiger charge is -2.14. The number of benzene rings is 5. The van der Waals surface area contributed by atoms with E-state index in [-0.39, 0.29) is 10.6 Å². The molecule has 1 aromatic heterocycles. The van der Waals surface area contributed by atoms with E-state index in [1.807, 2.05) is 66.7 Å². The molecule has 0 unspecified atom stereocenters. The first kappa shape index (κ1) is 19.5. The number of nitrogens with zero attached hydrogens (tertiary/aromatic N) is 2. The summed E-state index contributed by atoms with van der Waals surface area (Å²) in [5, 5.41) is 16.6. The lowest BCUT2D eigenvalue weighted by Crippen LogP contribution is -1.97. The average Bonchev–Trinajstić information content (AvgIpc) is 3.18. The van der Waals surface area contributed by atoms with E-state index in [2.05, 4.69) is 28.8 Å². The van der Waals surface area contributed by atoms with Crippen LogP contribution >= 0.6 is 11.6 Å². The smallest absolute Gasteiger partial charge is 0.277 e. The minimum absolute atomic E-state index is 0.0880. The van der Waals surface area contributed by atoms with Crippen LogP contribution in [0, 0.1) is 10.1 Å².